The monoisotopic (exact) mass is 113 g/mol. The van der Waals surface area contributed by atoms with Gasteiger partial charge in [0, 0.05) is 0 Å². The van der Waals surface area contributed by atoms with Crippen LogP contribution in [0.4, 0.5) is 0 Å². The van der Waals surface area contributed by atoms with Gasteiger partial charge in [-0.25, -0.2) is 0 Å². The van der Waals surface area contributed by atoms with Crippen LogP contribution in [0, 0.1) is 5.92 Å². The van der Waals surface area contributed by atoms with E-state index in [0.29, 0.717) is 5.92 Å². The number of hydrogen-bond acceptors (Lipinski definition) is 2. The molecule has 0 heterocycles. The summed E-state index contributed by atoms with van der Waals surface area (Å²) in [7, 11) is 0. The van der Waals surface area contributed by atoms with Crippen LogP contribution in [0.25, 0.3) is 0 Å². The fourth-order valence-corrected chi connectivity index (χ4v) is 1.15. The molecule has 0 aromatic rings. The Balaban J connectivity index is 2.55. The van der Waals surface area contributed by atoms with Crippen molar-refractivity contribution >= 4 is 5.71 Å². The largest absolute Gasteiger partial charge is 0.411 e. The van der Waals surface area contributed by atoms with Crippen molar-refractivity contribution in [3.05, 3.63) is 0 Å². The van der Waals surface area contributed by atoms with E-state index in [4.69, 9.17) is 5.21 Å². The zero-order valence-electron chi connectivity index (χ0n) is 5.09. The van der Waals surface area contributed by atoms with Crippen LogP contribution in [0.15, 0.2) is 5.16 Å². The van der Waals surface area contributed by atoms with Crippen LogP contribution in [-0.2, 0) is 0 Å². The van der Waals surface area contributed by atoms with Crippen LogP contribution in [0.5, 0.6) is 0 Å². The molecule has 1 aliphatic rings. The Morgan fingerprint density at radius 1 is 1.75 bits per heavy atom. The maximum atomic E-state index is 8.32. The Hall–Kier alpha value is -0.530. The smallest absolute Gasteiger partial charge is 0.0598 e. The van der Waals surface area contributed by atoms with Crippen molar-refractivity contribution < 1.29 is 5.21 Å². The second kappa shape index (κ2) is 2.16. The van der Waals surface area contributed by atoms with Gasteiger partial charge in [-0.05, 0) is 25.2 Å². The lowest BCUT2D eigenvalue weighted by atomic mass is 10.1. The highest BCUT2D eigenvalue weighted by Crippen LogP contribution is 2.20. The molecule has 0 bridgehead atoms. The second-order valence-corrected chi connectivity index (χ2v) is 2.38. The van der Waals surface area contributed by atoms with Crippen molar-refractivity contribution in [3.63, 3.8) is 0 Å². The van der Waals surface area contributed by atoms with Gasteiger partial charge in [0.1, 0.15) is 0 Å². The van der Waals surface area contributed by atoms with E-state index < -0.39 is 0 Å². The Labute approximate surface area is 49.2 Å². The van der Waals surface area contributed by atoms with Crippen molar-refractivity contribution in [1.82, 2.24) is 0 Å². The molecule has 2 heteroatoms. The second-order valence-electron chi connectivity index (χ2n) is 2.38. The van der Waals surface area contributed by atoms with Crippen molar-refractivity contribution in [1.29, 1.82) is 0 Å². The molecule has 0 amide bonds. The minimum absolute atomic E-state index is 0.528. The molecule has 0 saturated heterocycles. The molecule has 0 aliphatic heterocycles. The Kier molecular flexibility index (Phi) is 1.51. The average Bonchev–Trinajstić information content (AvgIpc) is 2.14. The van der Waals surface area contributed by atoms with E-state index >= 15 is 0 Å². The van der Waals surface area contributed by atoms with Gasteiger partial charge in [0.15, 0.2) is 0 Å². The van der Waals surface area contributed by atoms with E-state index in [1.54, 1.807) is 0 Å². The molecule has 0 spiro atoms. The van der Waals surface area contributed by atoms with Crippen LogP contribution in [0.1, 0.15) is 26.2 Å². The lowest BCUT2D eigenvalue weighted by Crippen LogP contribution is -2.00. The molecule has 1 saturated carbocycles. The molecule has 1 rings (SSSR count). The van der Waals surface area contributed by atoms with Gasteiger partial charge in [0.2, 0.25) is 0 Å². The summed E-state index contributed by atoms with van der Waals surface area (Å²) < 4.78 is 0. The lowest BCUT2D eigenvalue weighted by molar-refractivity contribution is 0.315. The molecule has 1 atom stereocenters. The first-order valence-corrected chi connectivity index (χ1v) is 3.05. The number of rotatable bonds is 0. The summed E-state index contributed by atoms with van der Waals surface area (Å²) in [5.41, 5.74) is 0.977. The zero-order chi connectivity index (χ0) is 5.98. The van der Waals surface area contributed by atoms with Gasteiger partial charge in [-0.2, -0.15) is 0 Å². The van der Waals surface area contributed by atoms with E-state index in [9.17, 15) is 0 Å². The third-order valence-corrected chi connectivity index (χ3v) is 1.77. The van der Waals surface area contributed by atoms with Crippen molar-refractivity contribution in [2.75, 3.05) is 0 Å². The molecular weight excluding hydrogens is 102 g/mol. The van der Waals surface area contributed by atoms with Crippen LogP contribution >= 0.6 is 0 Å². The van der Waals surface area contributed by atoms with Crippen molar-refractivity contribution in [2.45, 2.75) is 26.2 Å². The highest BCUT2D eigenvalue weighted by Gasteiger charge is 2.17. The molecule has 0 aromatic carbocycles. The summed E-state index contributed by atoms with van der Waals surface area (Å²) >= 11 is 0. The van der Waals surface area contributed by atoms with Crippen LogP contribution in [0.2, 0.25) is 0 Å². The Morgan fingerprint density at radius 3 is 2.75 bits per heavy atom. The summed E-state index contributed by atoms with van der Waals surface area (Å²) in [6.45, 7) is 2.10. The van der Waals surface area contributed by atoms with Gasteiger partial charge in [-0.15, -0.1) is 0 Å². The summed E-state index contributed by atoms with van der Waals surface area (Å²) in [6.07, 6.45) is 3.39. The zero-order valence-corrected chi connectivity index (χ0v) is 5.09. The van der Waals surface area contributed by atoms with E-state index in [1.807, 2.05) is 0 Å². The van der Waals surface area contributed by atoms with Gasteiger partial charge in [-0.1, -0.05) is 12.1 Å². The molecule has 0 radical (unpaired) electrons. The maximum absolute atomic E-state index is 8.32. The first kappa shape index (κ1) is 5.60. The summed E-state index contributed by atoms with van der Waals surface area (Å²) in [4.78, 5) is 0. The van der Waals surface area contributed by atoms with Crippen LogP contribution < -0.4 is 0 Å². The summed E-state index contributed by atoms with van der Waals surface area (Å²) in [6, 6.07) is 0. The number of hydrogen-bond donors (Lipinski definition) is 1. The Bertz CT molecular complexity index is 109. The summed E-state index contributed by atoms with van der Waals surface area (Å²) in [5, 5.41) is 11.5. The number of nitrogens with zero attached hydrogens (tertiary/aromatic N) is 1. The molecule has 0 aromatic heterocycles. The fourth-order valence-electron chi connectivity index (χ4n) is 1.15. The minimum atomic E-state index is 0.528. The topological polar surface area (TPSA) is 32.6 Å². The van der Waals surface area contributed by atoms with E-state index in [1.165, 1.54) is 12.8 Å². The highest BCUT2D eigenvalue weighted by molar-refractivity contribution is 5.87. The SMILES string of the molecule is CC1CCCC1=NO. The average molecular weight is 113 g/mol. The fraction of sp³-hybridized carbons (Fsp3) is 0.833. The van der Waals surface area contributed by atoms with Gasteiger partial charge in [0.05, 0.1) is 5.71 Å². The van der Waals surface area contributed by atoms with Gasteiger partial charge < -0.3 is 5.21 Å². The molecule has 1 N–H and O–H groups in total. The number of oxime groups is 1. The lowest BCUT2D eigenvalue weighted by Gasteiger charge is -1.96. The molecule has 46 valence electrons. The molecule has 1 fully saturated rings. The first-order valence-electron chi connectivity index (χ1n) is 3.05. The predicted octanol–water partition coefficient (Wildman–Crippen LogP) is 1.64. The highest BCUT2D eigenvalue weighted by atomic mass is 16.4. The van der Waals surface area contributed by atoms with Crippen molar-refractivity contribution in [3.8, 4) is 0 Å². The van der Waals surface area contributed by atoms with E-state index in [-0.39, 0.29) is 0 Å². The molecule has 8 heavy (non-hydrogen) atoms. The predicted molar refractivity (Wildman–Crippen MR) is 32.2 cm³/mol. The van der Waals surface area contributed by atoms with Gasteiger partial charge >= 0.3 is 0 Å². The van der Waals surface area contributed by atoms with Gasteiger partial charge in [-0.3, -0.25) is 0 Å². The molecule has 1 unspecified atom stereocenters. The van der Waals surface area contributed by atoms with Crippen LogP contribution in [-0.4, -0.2) is 10.9 Å². The summed E-state index contributed by atoms with van der Waals surface area (Å²) in [5.74, 6) is 0.528. The third kappa shape index (κ3) is 0.831. The quantitative estimate of drug-likeness (QED) is 0.376. The maximum Gasteiger partial charge on any atom is 0.0598 e. The van der Waals surface area contributed by atoms with Crippen LogP contribution in [0.3, 0.4) is 0 Å². The first-order chi connectivity index (χ1) is 3.84. The standard InChI is InChI=1S/C6H11NO/c1-5-3-2-4-6(5)7-8/h5,8H,2-4H2,1H3. The minimum Gasteiger partial charge on any atom is -0.411 e. The van der Waals surface area contributed by atoms with E-state index in [0.717, 1.165) is 12.1 Å². The normalized spacial score (nSPS) is 34.1. The molecular formula is C6H11NO. The molecule has 1 aliphatic carbocycles. The Morgan fingerprint density at radius 2 is 2.50 bits per heavy atom. The van der Waals surface area contributed by atoms with Gasteiger partial charge in [0.25, 0.3) is 0 Å². The van der Waals surface area contributed by atoms with Crippen molar-refractivity contribution in [2.24, 2.45) is 11.1 Å². The third-order valence-electron chi connectivity index (χ3n) is 1.77. The molecule has 2 nitrogen and oxygen atoms in total. The van der Waals surface area contributed by atoms with E-state index in [2.05, 4.69) is 12.1 Å².